The van der Waals surface area contributed by atoms with Crippen molar-refractivity contribution in [3.8, 4) is 11.3 Å². The number of pyridine rings is 1. The zero-order valence-electron chi connectivity index (χ0n) is 26.6. The summed E-state index contributed by atoms with van der Waals surface area (Å²) in [5, 5.41) is 17.8. The molecule has 1 aliphatic carbocycles. The summed E-state index contributed by atoms with van der Waals surface area (Å²) in [4.78, 5) is 30.6. The minimum Gasteiger partial charge on any atom is -0.393 e. The van der Waals surface area contributed by atoms with E-state index in [0.717, 1.165) is 98.6 Å². The van der Waals surface area contributed by atoms with Crippen molar-refractivity contribution in [2.75, 3.05) is 63.6 Å². The van der Waals surface area contributed by atoms with Gasteiger partial charge >= 0.3 is 0 Å². The van der Waals surface area contributed by atoms with Crippen LogP contribution in [0.15, 0.2) is 36.5 Å². The monoisotopic (exact) mass is 599 g/mol. The van der Waals surface area contributed by atoms with Crippen LogP contribution in [0.25, 0.3) is 22.3 Å². The number of piperazine rings is 1. The fourth-order valence-corrected chi connectivity index (χ4v) is 6.48. The van der Waals surface area contributed by atoms with E-state index < -0.39 is 0 Å². The second-order valence-corrected chi connectivity index (χ2v) is 12.7. The van der Waals surface area contributed by atoms with Crippen LogP contribution in [0.1, 0.15) is 53.5 Å². The highest BCUT2D eigenvalue weighted by Crippen LogP contribution is 2.36. The molecule has 0 spiro atoms. The largest absolute Gasteiger partial charge is 0.393 e. The van der Waals surface area contributed by atoms with Crippen molar-refractivity contribution in [2.45, 2.75) is 51.7 Å². The molecule has 2 aliphatic rings. The van der Waals surface area contributed by atoms with Crippen LogP contribution in [-0.4, -0.2) is 105 Å². The molecule has 6 rings (SSSR count). The van der Waals surface area contributed by atoms with Crippen molar-refractivity contribution in [3.63, 3.8) is 0 Å². The predicted octanol–water partition coefficient (Wildman–Crippen LogP) is 3.86. The van der Waals surface area contributed by atoms with E-state index in [2.05, 4.69) is 67.0 Å². The molecule has 4 heterocycles. The topological polar surface area (TPSA) is 108 Å². The van der Waals surface area contributed by atoms with Crippen molar-refractivity contribution >= 4 is 28.6 Å². The van der Waals surface area contributed by atoms with E-state index in [1.54, 1.807) is 6.20 Å². The van der Waals surface area contributed by atoms with Gasteiger partial charge in [0.25, 0.3) is 5.91 Å². The molecule has 2 N–H and O–H groups in total. The standard InChI is InChI=1S/C33H45N9O2/c1-22-18-24(19-30(35-22)28-21-34-39(5)23(28)2)32(44)37-33-36-29-11-8-26(41-16-14-40(15-17-41)13-12-38(3)4)20-31(29)42(33)25-6-9-27(43)10-7-25/h8,11,18-21,25,27,43H,6-7,9-10,12-17H2,1-5H3,(H,36,37,44). The normalized spacial score (nSPS) is 19.7. The molecule has 11 nitrogen and oxygen atoms in total. The number of carbonyl (C=O) groups is 1. The lowest BCUT2D eigenvalue weighted by atomic mass is 9.93. The Bertz CT molecular complexity index is 1630. The number of fused-ring (bicyclic) bond motifs is 1. The first-order valence-corrected chi connectivity index (χ1v) is 15.8. The molecule has 0 bridgehead atoms. The number of likely N-dealkylation sites (N-methyl/N-ethyl adjacent to an activating group) is 1. The van der Waals surface area contributed by atoms with Gasteiger partial charge in [-0.05, 0) is 84.0 Å². The van der Waals surface area contributed by atoms with Gasteiger partial charge in [-0.3, -0.25) is 24.7 Å². The summed E-state index contributed by atoms with van der Waals surface area (Å²) in [6.07, 6.45) is 4.67. The Morgan fingerprint density at radius 3 is 2.45 bits per heavy atom. The number of aromatic nitrogens is 5. The number of hydrogen-bond donors (Lipinski definition) is 2. The molecule has 1 amide bonds. The van der Waals surface area contributed by atoms with Crippen LogP contribution < -0.4 is 10.2 Å². The molecule has 44 heavy (non-hydrogen) atoms. The molecule has 1 aliphatic heterocycles. The molecule has 1 saturated heterocycles. The smallest absolute Gasteiger partial charge is 0.258 e. The summed E-state index contributed by atoms with van der Waals surface area (Å²) in [7, 11) is 6.14. The molecular weight excluding hydrogens is 554 g/mol. The Hall–Kier alpha value is -3.80. The third-order valence-corrected chi connectivity index (χ3v) is 9.26. The third kappa shape index (κ3) is 6.36. The van der Waals surface area contributed by atoms with Crippen molar-refractivity contribution in [1.82, 2.24) is 34.1 Å². The highest BCUT2D eigenvalue weighted by atomic mass is 16.3. The molecule has 0 radical (unpaired) electrons. The molecular formula is C33H45N9O2. The molecule has 2 fully saturated rings. The Kier molecular flexibility index (Phi) is 8.70. The molecule has 11 heteroatoms. The van der Waals surface area contributed by atoms with Crippen LogP contribution in [0.3, 0.4) is 0 Å². The van der Waals surface area contributed by atoms with Crippen LogP contribution in [-0.2, 0) is 7.05 Å². The number of imidazole rings is 1. The first kappa shape index (κ1) is 30.2. The molecule has 1 aromatic carbocycles. The second-order valence-electron chi connectivity index (χ2n) is 12.7. The van der Waals surface area contributed by atoms with Gasteiger partial charge in [0, 0.05) is 80.6 Å². The van der Waals surface area contributed by atoms with Crippen molar-refractivity contribution in [2.24, 2.45) is 7.05 Å². The SMILES string of the molecule is Cc1cc(C(=O)Nc2nc3ccc(N4CCN(CCN(C)C)CC4)cc3n2C2CCC(O)CC2)cc(-c2cnn(C)c2C)n1. The molecule has 0 atom stereocenters. The summed E-state index contributed by atoms with van der Waals surface area (Å²) in [6, 6.07) is 10.2. The average molecular weight is 600 g/mol. The zero-order chi connectivity index (χ0) is 31.0. The number of aryl methyl sites for hydroxylation is 2. The Balaban J connectivity index is 1.29. The van der Waals surface area contributed by atoms with E-state index in [0.29, 0.717) is 11.5 Å². The van der Waals surface area contributed by atoms with Crippen molar-refractivity contribution < 1.29 is 9.90 Å². The van der Waals surface area contributed by atoms with Crippen molar-refractivity contribution in [1.29, 1.82) is 0 Å². The molecule has 3 aromatic heterocycles. The Labute approximate surface area is 259 Å². The zero-order valence-corrected chi connectivity index (χ0v) is 26.6. The molecule has 234 valence electrons. The van der Waals surface area contributed by atoms with Crippen molar-refractivity contribution in [3.05, 3.63) is 53.5 Å². The maximum Gasteiger partial charge on any atom is 0.258 e. The summed E-state index contributed by atoms with van der Waals surface area (Å²) in [6.45, 7) is 10.1. The summed E-state index contributed by atoms with van der Waals surface area (Å²) < 4.78 is 4.01. The quantitative estimate of drug-likeness (QED) is 0.315. The number of hydrogen-bond acceptors (Lipinski definition) is 8. The van der Waals surface area contributed by atoms with Gasteiger partial charge in [-0.2, -0.15) is 5.10 Å². The maximum absolute atomic E-state index is 13.8. The van der Waals surface area contributed by atoms with Gasteiger partial charge in [-0.25, -0.2) is 4.98 Å². The van der Waals surface area contributed by atoms with Crippen LogP contribution in [0.5, 0.6) is 0 Å². The maximum atomic E-state index is 13.8. The first-order valence-electron chi connectivity index (χ1n) is 15.8. The van der Waals surface area contributed by atoms with Gasteiger partial charge in [0.1, 0.15) is 0 Å². The van der Waals surface area contributed by atoms with Gasteiger partial charge in [0.15, 0.2) is 0 Å². The van der Waals surface area contributed by atoms with Crippen LogP contribution in [0, 0.1) is 13.8 Å². The fourth-order valence-electron chi connectivity index (χ4n) is 6.48. The lowest BCUT2D eigenvalue weighted by Gasteiger charge is -2.36. The van der Waals surface area contributed by atoms with Gasteiger partial charge in [0.05, 0.1) is 29.0 Å². The summed E-state index contributed by atoms with van der Waals surface area (Å²) in [5.74, 6) is 0.324. The third-order valence-electron chi connectivity index (χ3n) is 9.26. The van der Waals surface area contributed by atoms with Gasteiger partial charge < -0.3 is 19.5 Å². The minimum absolute atomic E-state index is 0.143. The lowest BCUT2D eigenvalue weighted by molar-refractivity contribution is 0.102. The number of rotatable bonds is 8. The van der Waals surface area contributed by atoms with E-state index in [4.69, 9.17) is 4.98 Å². The van der Waals surface area contributed by atoms with E-state index >= 15 is 0 Å². The van der Waals surface area contributed by atoms with Gasteiger partial charge in [0.2, 0.25) is 5.95 Å². The van der Waals surface area contributed by atoms with Crippen LogP contribution >= 0.6 is 0 Å². The number of aliphatic hydroxyl groups is 1. The number of nitrogens with zero attached hydrogens (tertiary/aromatic N) is 8. The number of aliphatic hydroxyl groups excluding tert-OH is 1. The van der Waals surface area contributed by atoms with Gasteiger partial charge in [-0.15, -0.1) is 0 Å². The van der Waals surface area contributed by atoms with Crippen LogP contribution in [0.2, 0.25) is 0 Å². The fraction of sp³-hybridized carbons (Fsp3) is 0.515. The average Bonchev–Trinajstić information content (AvgIpc) is 3.54. The van der Waals surface area contributed by atoms with E-state index in [1.165, 1.54) is 5.69 Å². The molecule has 0 unspecified atom stereocenters. The first-order chi connectivity index (χ1) is 21.2. The lowest BCUT2D eigenvalue weighted by Crippen LogP contribution is -2.48. The predicted molar refractivity (Wildman–Crippen MR) is 174 cm³/mol. The highest BCUT2D eigenvalue weighted by Gasteiger charge is 2.27. The molecule has 1 saturated carbocycles. The van der Waals surface area contributed by atoms with Gasteiger partial charge in [-0.1, -0.05) is 0 Å². The Morgan fingerprint density at radius 1 is 1.02 bits per heavy atom. The highest BCUT2D eigenvalue weighted by molar-refractivity contribution is 6.05. The number of carbonyl (C=O) groups excluding carboxylic acids is 1. The summed E-state index contributed by atoms with van der Waals surface area (Å²) >= 11 is 0. The minimum atomic E-state index is -0.271. The number of anilines is 2. The number of amides is 1. The summed E-state index contributed by atoms with van der Waals surface area (Å²) in [5.41, 5.74) is 6.97. The molecule has 4 aromatic rings. The van der Waals surface area contributed by atoms with E-state index in [1.807, 2.05) is 37.7 Å². The Morgan fingerprint density at radius 2 is 1.77 bits per heavy atom. The number of nitrogens with one attached hydrogen (secondary N) is 1. The van der Waals surface area contributed by atoms with E-state index in [-0.39, 0.29) is 18.1 Å². The number of benzene rings is 1. The van der Waals surface area contributed by atoms with E-state index in [9.17, 15) is 9.90 Å². The second kappa shape index (κ2) is 12.7. The van der Waals surface area contributed by atoms with Crippen LogP contribution in [0.4, 0.5) is 11.6 Å².